The highest BCUT2D eigenvalue weighted by Crippen LogP contribution is 2.42. The van der Waals surface area contributed by atoms with Gasteiger partial charge in [0.2, 0.25) is 0 Å². The van der Waals surface area contributed by atoms with Crippen LogP contribution in [-0.4, -0.2) is 24.5 Å². The number of hydrogen-bond donors (Lipinski definition) is 1. The van der Waals surface area contributed by atoms with E-state index in [4.69, 9.17) is 16.7 Å². The van der Waals surface area contributed by atoms with Crippen LogP contribution in [-0.2, 0) is 16.3 Å². The minimum Gasteiger partial charge on any atom is -0.478 e. The molecule has 5 aromatic carbocycles. The molecule has 7 rings (SSSR count). The van der Waals surface area contributed by atoms with Gasteiger partial charge in [0.1, 0.15) is 0 Å². The first-order valence-corrected chi connectivity index (χ1v) is 15.3. The molecule has 1 atom stereocenters. The SMILES string of the molecule is O=C(O)c1ccc2cccnc2c1.O=S(=O)(c1cccc(Cl)c1)C1CCCc2c1ccc1c2ccc2ccccc21. The summed E-state index contributed by atoms with van der Waals surface area (Å²) in [5.41, 5.74) is 3.09. The molecule has 1 unspecified atom stereocenters. The molecule has 0 saturated heterocycles. The number of benzene rings is 5. The van der Waals surface area contributed by atoms with Crippen LogP contribution in [0.3, 0.4) is 0 Å². The van der Waals surface area contributed by atoms with Crippen LogP contribution in [0, 0.1) is 0 Å². The Bertz CT molecular complexity index is 2060. The van der Waals surface area contributed by atoms with E-state index >= 15 is 0 Å². The van der Waals surface area contributed by atoms with Crippen LogP contribution < -0.4 is 0 Å². The summed E-state index contributed by atoms with van der Waals surface area (Å²) < 4.78 is 26.8. The number of aromatic carboxylic acids is 1. The van der Waals surface area contributed by atoms with Gasteiger partial charge in [0.25, 0.3) is 0 Å². The van der Waals surface area contributed by atoms with Crippen LogP contribution >= 0.6 is 11.6 Å². The number of aromatic nitrogens is 1. The average molecular weight is 580 g/mol. The van der Waals surface area contributed by atoms with E-state index in [2.05, 4.69) is 35.3 Å². The van der Waals surface area contributed by atoms with Crippen molar-refractivity contribution in [3.63, 3.8) is 0 Å². The first kappa shape index (κ1) is 26.9. The molecule has 204 valence electrons. The molecule has 6 aromatic rings. The number of nitrogens with zero attached hydrogens (tertiary/aromatic N) is 1. The van der Waals surface area contributed by atoms with Crippen molar-refractivity contribution in [1.82, 2.24) is 4.98 Å². The van der Waals surface area contributed by atoms with Crippen molar-refractivity contribution in [2.24, 2.45) is 0 Å². The molecule has 0 radical (unpaired) electrons. The fourth-order valence-corrected chi connectivity index (χ4v) is 7.87. The van der Waals surface area contributed by atoms with Crippen molar-refractivity contribution >= 4 is 59.9 Å². The number of carboxylic acids is 1. The lowest BCUT2D eigenvalue weighted by atomic mass is 9.86. The molecule has 0 saturated carbocycles. The smallest absolute Gasteiger partial charge is 0.335 e. The molecule has 0 fully saturated rings. The lowest BCUT2D eigenvalue weighted by Gasteiger charge is -2.27. The summed E-state index contributed by atoms with van der Waals surface area (Å²) in [6.07, 6.45) is 4.06. The Morgan fingerprint density at radius 1 is 0.805 bits per heavy atom. The van der Waals surface area contributed by atoms with Crippen LogP contribution in [0.2, 0.25) is 5.02 Å². The van der Waals surface area contributed by atoms with Crippen molar-refractivity contribution in [2.45, 2.75) is 29.4 Å². The van der Waals surface area contributed by atoms with Crippen molar-refractivity contribution in [3.8, 4) is 0 Å². The Kier molecular flexibility index (Phi) is 7.20. The maximum Gasteiger partial charge on any atom is 0.335 e. The maximum atomic E-state index is 13.4. The molecule has 1 aromatic heterocycles. The Labute approximate surface area is 243 Å². The van der Waals surface area contributed by atoms with Gasteiger partial charge >= 0.3 is 5.97 Å². The molecule has 41 heavy (non-hydrogen) atoms. The maximum absolute atomic E-state index is 13.4. The molecule has 1 aliphatic carbocycles. The summed E-state index contributed by atoms with van der Waals surface area (Å²) in [4.78, 5) is 15.0. The van der Waals surface area contributed by atoms with E-state index in [1.807, 2.05) is 30.3 Å². The molecule has 1 aliphatic rings. The van der Waals surface area contributed by atoms with Gasteiger partial charge in [-0.15, -0.1) is 0 Å². The molecular weight excluding hydrogens is 554 g/mol. The van der Waals surface area contributed by atoms with Crippen molar-refractivity contribution < 1.29 is 18.3 Å². The van der Waals surface area contributed by atoms with Gasteiger partial charge < -0.3 is 5.11 Å². The molecule has 7 heteroatoms. The first-order chi connectivity index (χ1) is 19.8. The van der Waals surface area contributed by atoms with Crippen LogP contribution in [0.15, 0.2) is 114 Å². The minimum absolute atomic E-state index is 0.270. The average Bonchev–Trinajstić information content (AvgIpc) is 3.00. The summed E-state index contributed by atoms with van der Waals surface area (Å²) in [5.74, 6) is -0.924. The lowest BCUT2D eigenvalue weighted by molar-refractivity contribution is 0.0697. The minimum atomic E-state index is -3.49. The van der Waals surface area contributed by atoms with Crippen molar-refractivity contribution in [1.29, 1.82) is 0 Å². The van der Waals surface area contributed by atoms with Crippen molar-refractivity contribution in [3.05, 3.63) is 131 Å². The predicted octanol–water partition coefficient (Wildman–Crippen LogP) is 8.43. The zero-order chi connectivity index (χ0) is 28.6. The normalized spacial score (nSPS) is 14.8. The van der Waals surface area contributed by atoms with Gasteiger partial charge in [-0.3, -0.25) is 4.98 Å². The summed E-state index contributed by atoms with van der Waals surface area (Å²) in [6, 6.07) is 31.9. The zero-order valence-electron chi connectivity index (χ0n) is 22.0. The monoisotopic (exact) mass is 579 g/mol. The van der Waals surface area contributed by atoms with Gasteiger partial charge in [-0.25, -0.2) is 13.2 Å². The third-order valence-corrected chi connectivity index (χ3v) is 10.1. The number of rotatable bonds is 3. The highest BCUT2D eigenvalue weighted by molar-refractivity contribution is 7.91. The van der Waals surface area contributed by atoms with Crippen LogP contribution in [0.4, 0.5) is 0 Å². The molecule has 0 aliphatic heterocycles. The standard InChI is InChI=1S/C24H19ClO2S.C10H7NO2/c25-17-6-3-7-18(15-17)28(26,27)24-10-4-9-20-22-12-11-16-5-1-2-8-19(16)21(22)13-14-23(20)24;12-10(13)8-4-3-7-2-1-5-11-9(7)6-8/h1-3,5-8,11-15,24H,4,9-10H2;1-6H,(H,12,13). The van der Waals surface area contributed by atoms with Gasteiger partial charge in [-0.05, 0) is 88.3 Å². The summed E-state index contributed by atoms with van der Waals surface area (Å²) in [6.45, 7) is 0. The van der Waals surface area contributed by atoms with Gasteiger partial charge in [-0.1, -0.05) is 78.3 Å². The molecule has 1 N–H and O–H groups in total. The van der Waals surface area contributed by atoms with Crippen molar-refractivity contribution in [2.75, 3.05) is 0 Å². The lowest BCUT2D eigenvalue weighted by Crippen LogP contribution is -2.19. The topological polar surface area (TPSA) is 84.3 Å². The fraction of sp³-hybridized carbons (Fsp3) is 0.118. The molecule has 0 spiro atoms. The second-order valence-corrected chi connectivity index (χ2v) is 12.7. The second kappa shape index (κ2) is 11.0. The van der Waals surface area contributed by atoms with E-state index in [0.717, 1.165) is 23.8 Å². The summed E-state index contributed by atoms with van der Waals surface area (Å²) in [5, 5.41) is 14.4. The van der Waals surface area contributed by atoms with Gasteiger partial charge in [0, 0.05) is 16.6 Å². The summed E-state index contributed by atoms with van der Waals surface area (Å²) >= 11 is 6.06. The molecular formula is C34H26ClNO4S. The Morgan fingerprint density at radius 2 is 1.59 bits per heavy atom. The molecule has 5 nitrogen and oxygen atoms in total. The number of carboxylic acid groups (broad SMARTS) is 1. The Balaban J connectivity index is 0.000000195. The third kappa shape index (κ3) is 5.17. The number of hydrogen-bond acceptors (Lipinski definition) is 4. The summed E-state index contributed by atoms with van der Waals surface area (Å²) in [7, 11) is -3.49. The molecule has 0 bridgehead atoms. The number of sulfone groups is 1. The van der Waals surface area contributed by atoms with Crippen LogP contribution in [0.25, 0.3) is 32.4 Å². The molecule has 1 heterocycles. The zero-order valence-corrected chi connectivity index (χ0v) is 23.6. The van der Waals surface area contributed by atoms with Gasteiger partial charge in [0.15, 0.2) is 9.84 Å². The van der Waals surface area contributed by atoms with E-state index in [-0.39, 0.29) is 5.56 Å². The molecule has 0 amide bonds. The number of halogens is 1. The predicted molar refractivity (Wildman–Crippen MR) is 164 cm³/mol. The van der Waals surface area contributed by atoms with E-state index in [0.29, 0.717) is 21.9 Å². The van der Waals surface area contributed by atoms with Gasteiger partial charge in [-0.2, -0.15) is 0 Å². The second-order valence-electron chi connectivity index (χ2n) is 10.1. The van der Waals surface area contributed by atoms with E-state index in [9.17, 15) is 13.2 Å². The van der Waals surface area contributed by atoms with Crippen LogP contribution in [0.5, 0.6) is 0 Å². The Morgan fingerprint density at radius 3 is 2.41 bits per heavy atom. The number of aryl methyl sites for hydroxylation is 1. The Hall–Kier alpha value is -4.26. The number of pyridine rings is 1. The van der Waals surface area contributed by atoms with Crippen LogP contribution in [0.1, 0.15) is 39.6 Å². The fourth-order valence-electron chi connectivity index (χ4n) is 5.70. The quantitative estimate of drug-likeness (QED) is 0.213. The van der Waals surface area contributed by atoms with E-state index in [1.165, 1.54) is 27.1 Å². The van der Waals surface area contributed by atoms with E-state index < -0.39 is 21.1 Å². The number of carbonyl (C=O) groups is 1. The number of fused-ring (bicyclic) bond motifs is 6. The first-order valence-electron chi connectivity index (χ1n) is 13.3. The highest BCUT2D eigenvalue weighted by atomic mass is 35.5. The van der Waals surface area contributed by atoms with E-state index in [1.54, 1.807) is 48.7 Å². The largest absolute Gasteiger partial charge is 0.478 e. The third-order valence-electron chi connectivity index (χ3n) is 7.67. The van der Waals surface area contributed by atoms with Gasteiger partial charge in [0.05, 0.1) is 21.2 Å². The highest BCUT2D eigenvalue weighted by Gasteiger charge is 2.33.